The third-order valence-electron chi connectivity index (χ3n) is 6.27. The van der Waals surface area contributed by atoms with Crippen LogP contribution in [0.2, 0.25) is 0 Å². The second-order valence-corrected chi connectivity index (χ2v) is 11.9. The molecule has 0 bridgehead atoms. The van der Waals surface area contributed by atoms with Crippen molar-refractivity contribution in [2.45, 2.75) is 23.9 Å². The van der Waals surface area contributed by atoms with E-state index in [9.17, 15) is 23.1 Å². The summed E-state index contributed by atoms with van der Waals surface area (Å²) in [4.78, 5) is 38.7. The highest BCUT2D eigenvalue weighted by Crippen LogP contribution is 2.28. The van der Waals surface area contributed by atoms with E-state index in [0.717, 1.165) is 17.4 Å². The predicted octanol–water partition coefficient (Wildman–Crippen LogP) is 2.45. The van der Waals surface area contributed by atoms with Crippen molar-refractivity contribution in [3.8, 4) is 11.3 Å². The number of carbonyl (C=O) groups is 2. The molecule has 40 heavy (non-hydrogen) atoms. The van der Waals surface area contributed by atoms with Crippen LogP contribution >= 0.6 is 11.3 Å². The molecule has 4 heterocycles. The second kappa shape index (κ2) is 11.4. The van der Waals surface area contributed by atoms with Gasteiger partial charge < -0.3 is 20.7 Å². The Morgan fingerprint density at radius 1 is 1.15 bits per heavy atom. The van der Waals surface area contributed by atoms with Crippen molar-refractivity contribution in [1.29, 1.82) is 0 Å². The number of rotatable bonds is 10. The molecule has 0 unspecified atom stereocenters. The molecule has 0 aliphatic rings. The Labute approximate surface area is 233 Å². The highest BCUT2D eigenvalue weighted by molar-refractivity contribution is 7.90. The Morgan fingerprint density at radius 3 is 2.60 bits per heavy atom. The minimum absolute atomic E-state index is 0.167. The van der Waals surface area contributed by atoms with Gasteiger partial charge in [0.1, 0.15) is 11.4 Å². The number of hydrogen-bond donors (Lipinski definition) is 4. The molecule has 0 radical (unpaired) electrons. The molecule has 206 valence electrons. The van der Waals surface area contributed by atoms with Gasteiger partial charge >= 0.3 is 0 Å². The number of pyridine rings is 1. The van der Waals surface area contributed by atoms with Crippen LogP contribution in [-0.4, -0.2) is 63.6 Å². The molecule has 4 N–H and O–H groups in total. The number of nitrogens with one attached hydrogen (secondary N) is 3. The molecule has 0 spiro atoms. The molecule has 1 aromatic carbocycles. The van der Waals surface area contributed by atoms with Gasteiger partial charge in [-0.3, -0.25) is 14.0 Å². The number of aromatic nitrogens is 4. The number of imidazole rings is 2. The SMILES string of the molecule is CS(=O)(=O)c1ccc(CNC(=O)c2cccn3c(C(=O)N[C@H](CO)Cc4c[nH]cn4)c(-c4ccsc4)nc23)cc1. The van der Waals surface area contributed by atoms with Gasteiger partial charge in [-0.2, -0.15) is 11.3 Å². The van der Waals surface area contributed by atoms with Gasteiger partial charge in [0.05, 0.1) is 35.1 Å². The van der Waals surface area contributed by atoms with Crippen molar-refractivity contribution in [1.82, 2.24) is 30.0 Å². The normalized spacial score (nSPS) is 12.3. The number of H-pyrrole nitrogens is 1. The zero-order valence-electron chi connectivity index (χ0n) is 21.4. The summed E-state index contributed by atoms with van der Waals surface area (Å²) in [5, 5.41) is 19.4. The first-order valence-electron chi connectivity index (χ1n) is 12.2. The topological polar surface area (TPSA) is 159 Å². The molecule has 0 aliphatic carbocycles. The van der Waals surface area contributed by atoms with Crippen molar-refractivity contribution in [2.75, 3.05) is 12.9 Å². The van der Waals surface area contributed by atoms with Gasteiger partial charge in [-0.1, -0.05) is 12.1 Å². The molecule has 0 aliphatic heterocycles. The van der Waals surface area contributed by atoms with Gasteiger partial charge in [0.15, 0.2) is 15.5 Å². The summed E-state index contributed by atoms with van der Waals surface area (Å²) >= 11 is 1.45. The molecular formula is C27H26N6O5S2. The van der Waals surface area contributed by atoms with Crippen LogP contribution in [0.4, 0.5) is 0 Å². The van der Waals surface area contributed by atoms with E-state index in [2.05, 4.69) is 20.6 Å². The average molecular weight is 579 g/mol. The summed E-state index contributed by atoms with van der Waals surface area (Å²) in [5.41, 5.74) is 3.35. The van der Waals surface area contributed by atoms with E-state index in [-0.39, 0.29) is 29.3 Å². The maximum atomic E-state index is 13.6. The summed E-state index contributed by atoms with van der Waals surface area (Å²) in [7, 11) is -3.32. The first-order valence-corrected chi connectivity index (χ1v) is 15.1. The Balaban J connectivity index is 1.44. The molecule has 0 fully saturated rings. The Bertz CT molecular complexity index is 1750. The third-order valence-corrected chi connectivity index (χ3v) is 8.09. The Morgan fingerprint density at radius 2 is 1.95 bits per heavy atom. The molecule has 1 atom stereocenters. The minimum Gasteiger partial charge on any atom is -0.394 e. The molecule has 11 nitrogen and oxygen atoms in total. The molecule has 4 aromatic heterocycles. The maximum absolute atomic E-state index is 13.6. The van der Waals surface area contributed by atoms with Crippen LogP contribution in [0.5, 0.6) is 0 Å². The molecular weight excluding hydrogens is 552 g/mol. The molecule has 0 saturated carbocycles. The fourth-order valence-electron chi connectivity index (χ4n) is 4.26. The predicted molar refractivity (Wildman–Crippen MR) is 150 cm³/mol. The smallest absolute Gasteiger partial charge is 0.270 e. The zero-order chi connectivity index (χ0) is 28.3. The Hall–Kier alpha value is -4.33. The van der Waals surface area contributed by atoms with E-state index in [4.69, 9.17) is 4.98 Å². The van der Waals surface area contributed by atoms with Gasteiger partial charge in [-0.05, 0) is 41.3 Å². The second-order valence-electron chi connectivity index (χ2n) is 9.15. The van der Waals surface area contributed by atoms with Crippen LogP contribution in [0.3, 0.4) is 0 Å². The Kier molecular flexibility index (Phi) is 7.78. The van der Waals surface area contributed by atoms with E-state index in [1.54, 1.807) is 41.1 Å². The number of hydrogen-bond acceptors (Lipinski definition) is 8. The fourth-order valence-corrected chi connectivity index (χ4v) is 5.54. The summed E-state index contributed by atoms with van der Waals surface area (Å²) < 4.78 is 25.0. The third kappa shape index (κ3) is 5.81. The molecule has 5 rings (SSSR count). The first kappa shape index (κ1) is 27.2. The number of thiophene rings is 1. The zero-order valence-corrected chi connectivity index (χ0v) is 23.0. The number of aliphatic hydroxyl groups excluding tert-OH is 1. The lowest BCUT2D eigenvalue weighted by Crippen LogP contribution is -2.39. The van der Waals surface area contributed by atoms with Crippen molar-refractivity contribution < 1.29 is 23.1 Å². The fraction of sp³-hybridized carbons (Fsp3) is 0.185. The molecule has 2 amide bonds. The summed E-state index contributed by atoms with van der Waals surface area (Å²) in [6.07, 6.45) is 6.36. The largest absolute Gasteiger partial charge is 0.394 e. The number of nitrogens with zero attached hydrogens (tertiary/aromatic N) is 3. The summed E-state index contributed by atoms with van der Waals surface area (Å²) in [5.74, 6) is -0.856. The summed E-state index contributed by atoms with van der Waals surface area (Å²) in [6, 6.07) is 10.8. The monoisotopic (exact) mass is 578 g/mol. The van der Waals surface area contributed by atoms with Crippen LogP contribution < -0.4 is 10.6 Å². The van der Waals surface area contributed by atoms with Crippen molar-refractivity contribution in [3.63, 3.8) is 0 Å². The van der Waals surface area contributed by atoms with Crippen LogP contribution in [-0.2, 0) is 22.8 Å². The van der Waals surface area contributed by atoms with Gasteiger partial charge in [0.25, 0.3) is 11.8 Å². The van der Waals surface area contributed by atoms with Crippen LogP contribution in [0, 0.1) is 0 Å². The van der Waals surface area contributed by atoms with Crippen molar-refractivity contribution in [2.24, 2.45) is 0 Å². The van der Waals surface area contributed by atoms with Crippen LogP contribution in [0.1, 0.15) is 32.1 Å². The van der Waals surface area contributed by atoms with Crippen LogP contribution in [0.25, 0.3) is 16.9 Å². The number of benzene rings is 1. The number of aromatic amines is 1. The number of aliphatic hydroxyl groups is 1. The standard InChI is InChI=1S/C27H26N6O5S2/c1-40(37,38)21-6-4-17(5-7-21)12-29-26(35)22-3-2-9-33-24(23(32-25(22)33)18-8-10-39-15-18)27(36)31-20(14-34)11-19-13-28-16-30-19/h2-10,13,15-16,20,34H,11-12,14H2,1H3,(H,28,30)(H,29,35)(H,31,36)/t20-/m0/s1. The molecule has 13 heteroatoms. The molecule has 0 saturated heterocycles. The quantitative estimate of drug-likeness (QED) is 0.198. The van der Waals surface area contributed by atoms with Crippen LogP contribution in [0.15, 0.2) is 76.8 Å². The van der Waals surface area contributed by atoms with E-state index in [1.807, 2.05) is 16.8 Å². The van der Waals surface area contributed by atoms with Crippen molar-refractivity contribution in [3.05, 3.63) is 94.5 Å². The lowest BCUT2D eigenvalue weighted by molar-refractivity contribution is 0.0908. The van der Waals surface area contributed by atoms with E-state index < -0.39 is 27.7 Å². The molecule has 5 aromatic rings. The maximum Gasteiger partial charge on any atom is 0.270 e. The van der Waals surface area contributed by atoms with E-state index >= 15 is 0 Å². The van der Waals surface area contributed by atoms with Gasteiger partial charge in [0, 0.05) is 42.6 Å². The van der Waals surface area contributed by atoms with Gasteiger partial charge in [-0.25, -0.2) is 18.4 Å². The first-order chi connectivity index (χ1) is 19.2. The highest BCUT2D eigenvalue weighted by atomic mass is 32.2. The number of sulfone groups is 1. The lowest BCUT2D eigenvalue weighted by Gasteiger charge is -2.15. The average Bonchev–Trinajstić information content (AvgIpc) is 3.71. The van der Waals surface area contributed by atoms with E-state index in [1.165, 1.54) is 29.8 Å². The highest BCUT2D eigenvalue weighted by Gasteiger charge is 2.26. The van der Waals surface area contributed by atoms with Crippen molar-refractivity contribution >= 4 is 38.6 Å². The number of carbonyl (C=O) groups excluding carboxylic acids is 2. The number of fused-ring (bicyclic) bond motifs is 1. The van der Waals surface area contributed by atoms with E-state index in [0.29, 0.717) is 23.5 Å². The van der Waals surface area contributed by atoms with Gasteiger partial charge in [0.2, 0.25) is 0 Å². The minimum atomic E-state index is -3.32. The lowest BCUT2D eigenvalue weighted by atomic mass is 10.1. The van der Waals surface area contributed by atoms with Gasteiger partial charge in [-0.15, -0.1) is 0 Å². The summed E-state index contributed by atoms with van der Waals surface area (Å²) in [6.45, 7) is -0.122. The number of amides is 2.